The Morgan fingerprint density at radius 2 is 2.31 bits per heavy atom. The third-order valence-corrected chi connectivity index (χ3v) is 2.74. The van der Waals surface area contributed by atoms with Crippen molar-refractivity contribution >= 4 is 29.1 Å². The van der Waals surface area contributed by atoms with Gasteiger partial charge in [0.25, 0.3) is 0 Å². The van der Waals surface area contributed by atoms with Crippen LogP contribution < -0.4 is 0 Å². The van der Waals surface area contributed by atoms with Crippen LogP contribution in [0.4, 0.5) is 0 Å². The molecule has 1 aliphatic rings. The van der Waals surface area contributed by atoms with Gasteiger partial charge in [-0.1, -0.05) is 11.6 Å². The van der Waals surface area contributed by atoms with Gasteiger partial charge in [-0.25, -0.2) is 9.97 Å². The maximum atomic E-state index is 11.5. The monoisotopic (exact) mass is 261 g/mol. The van der Waals surface area contributed by atoms with E-state index < -0.39 is 0 Å². The summed E-state index contributed by atoms with van der Waals surface area (Å²) in [4.78, 5) is 20.8. The molecule has 7 heteroatoms. The molecule has 1 amide bonds. The van der Waals surface area contributed by atoms with E-state index in [1.54, 1.807) is 4.90 Å². The summed E-state index contributed by atoms with van der Waals surface area (Å²) in [5.41, 5.74) is 0.682. The van der Waals surface area contributed by atoms with E-state index in [1.807, 2.05) is 0 Å². The molecule has 0 bridgehead atoms. The van der Waals surface area contributed by atoms with Crippen molar-refractivity contribution in [2.24, 2.45) is 0 Å². The van der Waals surface area contributed by atoms with E-state index in [0.717, 1.165) is 0 Å². The predicted molar refractivity (Wildman–Crippen MR) is 58.3 cm³/mol. The number of hydrogen-bond acceptors (Lipinski definition) is 4. The van der Waals surface area contributed by atoms with Crippen LogP contribution >= 0.6 is 23.2 Å². The number of ether oxygens (including phenoxy) is 1. The lowest BCUT2D eigenvalue weighted by Gasteiger charge is -2.26. The average Bonchev–Trinajstić information content (AvgIpc) is 2.25. The Labute approximate surface area is 102 Å². The summed E-state index contributed by atoms with van der Waals surface area (Å²) in [6, 6.07) is 0. The van der Waals surface area contributed by atoms with Gasteiger partial charge in [-0.05, 0) is 11.6 Å². The number of carbonyl (C=O) groups is 1. The summed E-state index contributed by atoms with van der Waals surface area (Å²) >= 11 is 11.5. The lowest BCUT2D eigenvalue weighted by atomic mass is 10.3. The molecular formula is C9H9Cl2N3O2. The average molecular weight is 262 g/mol. The lowest BCUT2D eigenvalue weighted by Crippen LogP contribution is -2.41. The van der Waals surface area contributed by atoms with Gasteiger partial charge >= 0.3 is 0 Å². The van der Waals surface area contributed by atoms with Crippen molar-refractivity contribution in [2.45, 2.75) is 6.54 Å². The molecule has 0 unspecified atom stereocenters. The summed E-state index contributed by atoms with van der Waals surface area (Å²) in [5, 5.41) is 0.376. The van der Waals surface area contributed by atoms with Crippen LogP contribution in [-0.4, -0.2) is 40.5 Å². The molecule has 0 spiro atoms. The Kier molecular flexibility index (Phi) is 3.58. The van der Waals surface area contributed by atoms with Crippen molar-refractivity contribution in [1.82, 2.24) is 14.9 Å². The molecule has 0 atom stereocenters. The zero-order valence-electron chi connectivity index (χ0n) is 8.32. The van der Waals surface area contributed by atoms with Gasteiger partial charge in [0, 0.05) is 18.3 Å². The zero-order chi connectivity index (χ0) is 11.5. The Morgan fingerprint density at radius 1 is 1.50 bits per heavy atom. The Balaban J connectivity index is 2.10. The number of morpholine rings is 1. The highest BCUT2D eigenvalue weighted by molar-refractivity contribution is 6.32. The molecule has 2 rings (SSSR count). The Bertz CT molecular complexity index is 414. The largest absolute Gasteiger partial charge is 0.370 e. The van der Waals surface area contributed by atoms with E-state index in [4.69, 9.17) is 27.9 Å². The molecule has 0 radical (unpaired) electrons. The van der Waals surface area contributed by atoms with Gasteiger partial charge in [0.05, 0.1) is 13.2 Å². The molecule has 5 nitrogen and oxygen atoms in total. The maximum Gasteiger partial charge on any atom is 0.248 e. The van der Waals surface area contributed by atoms with E-state index in [2.05, 4.69) is 9.97 Å². The maximum absolute atomic E-state index is 11.5. The Hall–Kier alpha value is -0.910. The highest BCUT2D eigenvalue weighted by Gasteiger charge is 2.19. The van der Waals surface area contributed by atoms with Gasteiger partial charge in [0.1, 0.15) is 11.8 Å². The van der Waals surface area contributed by atoms with E-state index >= 15 is 0 Å². The number of nitrogens with zero attached hydrogens (tertiary/aromatic N) is 3. The molecule has 0 saturated carbocycles. The van der Waals surface area contributed by atoms with Crippen LogP contribution in [0.3, 0.4) is 0 Å². The molecular weight excluding hydrogens is 253 g/mol. The van der Waals surface area contributed by atoms with E-state index in [9.17, 15) is 4.79 Å². The molecule has 0 aromatic carbocycles. The molecule has 1 aliphatic heterocycles. The SMILES string of the molecule is O=C1COCCN1Cc1cnc(Cl)nc1Cl. The quantitative estimate of drug-likeness (QED) is 0.592. The first-order valence-corrected chi connectivity index (χ1v) is 5.45. The second kappa shape index (κ2) is 4.95. The zero-order valence-corrected chi connectivity index (χ0v) is 9.83. The molecule has 1 fully saturated rings. The van der Waals surface area contributed by atoms with Crippen molar-refractivity contribution in [2.75, 3.05) is 19.8 Å². The topological polar surface area (TPSA) is 55.3 Å². The first kappa shape index (κ1) is 11.6. The van der Waals surface area contributed by atoms with Gasteiger partial charge in [0.2, 0.25) is 11.2 Å². The number of carbonyl (C=O) groups excluding carboxylic acids is 1. The molecule has 0 N–H and O–H groups in total. The van der Waals surface area contributed by atoms with Crippen molar-refractivity contribution in [1.29, 1.82) is 0 Å². The second-order valence-electron chi connectivity index (χ2n) is 3.32. The molecule has 16 heavy (non-hydrogen) atoms. The number of hydrogen-bond donors (Lipinski definition) is 0. The molecule has 1 saturated heterocycles. The number of aromatic nitrogens is 2. The third kappa shape index (κ3) is 2.61. The normalized spacial score (nSPS) is 16.6. The predicted octanol–water partition coefficient (Wildman–Crippen LogP) is 1.14. The molecule has 1 aromatic heterocycles. The van der Waals surface area contributed by atoms with Gasteiger partial charge in [-0.2, -0.15) is 0 Å². The lowest BCUT2D eigenvalue weighted by molar-refractivity contribution is -0.143. The van der Waals surface area contributed by atoms with Crippen LogP contribution in [0, 0.1) is 0 Å². The molecule has 2 heterocycles. The first-order chi connectivity index (χ1) is 7.66. The van der Waals surface area contributed by atoms with Crippen LogP contribution in [0.25, 0.3) is 0 Å². The molecule has 1 aromatic rings. The Morgan fingerprint density at radius 3 is 3.00 bits per heavy atom. The van der Waals surface area contributed by atoms with Crippen LogP contribution in [0.2, 0.25) is 10.4 Å². The van der Waals surface area contributed by atoms with Crippen LogP contribution in [-0.2, 0) is 16.1 Å². The fourth-order valence-electron chi connectivity index (χ4n) is 1.40. The van der Waals surface area contributed by atoms with Crippen LogP contribution in [0.1, 0.15) is 5.56 Å². The second-order valence-corrected chi connectivity index (χ2v) is 4.02. The standard InChI is InChI=1S/C9H9Cl2N3O2/c10-8-6(3-12-9(11)13-8)4-14-1-2-16-5-7(14)15/h3H,1-2,4-5H2. The van der Waals surface area contributed by atoms with Crippen LogP contribution in [0.5, 0.6) is 0 Å². The minimum absolute atomic E-state index is 0.0581. The smallest absolute Gasteiger partial charge is 0.248 e. The number of amides is 1. The van der Waals surface area contributed by atoms with Gasteiger partial charge in [-0.15, -0.1) is 0 Å². The summed E-state index contributed by atoms with van der Waals surface area (Å²) in [7, 11) is 0. The molecule has 0 aliphatic carbocycles. The van der Waals surface area contributed by atoms with E-state index in [0.29, 0.717) is 25.3 Å². The highest BCUT2D eigenvalue weighted by atomic mass is 35.5. The van der Waals surface area contributed by atoms with Gasteiger partial charge in [-0.3, -0.25) is 4.79 Å². The number of rotatable bonds is 2. The minimum atomic E-state index is -0.0581. The van der Waals surface area contributed by atoms with Gasteiger partial charge in [0.15, 0.2) is 0 Å². The summed E-state index contributed by atoms with van der Waals surface area (Å²) in [5.74, 6) is -0.0581. The van der Waals surface area contributed by atoms with Crippen molar-refractivity contribution < 1.29 is 9.53 Å². The summed E-state index contributed by atoms with van der Waals surface area (Å²) in [6.45, 7) is 1.60. The first-order valence-electron chi connectivity index (χ1n) is 4.69. The molecule has 86 valence electrons. The third-order valence-electron chi connectivity index (χ3n) is 2.23. The van der Waals surface area contributed by atoms with Crippen molar-refractivity contribution in [3.8, 4) is 0 Å². The van der Waals surface area contributed by atoms with E-state index in [1.165, 1.54) is 6.20 Å². The number of halogens is 2. The van der Waals surface area contributed by atoms with Crippen LogP contribution in [0.15, 0.2) is 6.20 Å². The summed E-state index contributed by atoms with van der Waals surface area (Å²) < 4.78 is 5.02. The fourth-order valence-corrected chi connectivity index (χ4v) is 1.76. The highest BCUT2D eigenvalue weighted by Crippen LogP contribution is 2.17. The van der Waals surface area contributed by atoms with Crippen molar-refractivity contribution in [3.05, 3.63) is 22.2 Å². The fraction of sp³-hybridized carbons (Fsp3) is 0.444. The van der Waals surface area contributed by atoms with Crippen molar-refractivity contribution in [3.63, 3.8) is 0 Å². The van der Waals surface area contributed by atoms with Gasteiger partial charge < -0.3 is 9.64 Å². The summed E-state index contributed by atoms with van der Waals surface area (Å²) in [6.07, 6.45) is 1.53. The minimum Gasteiger partial charge on any atom is -0.370 e. The van der Waals surface area contributed by atoms with E-state index in [-0.39, 0.29) is 23.0 Å².